The SMILES string of the molecule is Cc1cc(Cc2cc(C)c(O)c(C(C)(C)C)c2)c(O)c(C(C)(C)C)c1. The molecule has 136 valence electrons. The molecule has 0 saturated heterocycles. The molecular weight excluding hydrogens is 308 g/mol. The van der Waals surface area contributed by atoms with Crippen LogP contribution in [-0.4, -0.2) is 10.2 Å². The first-order valence-electron chi connectivity index (χ1n) is 8.96. The van der Waals surface area contributed by atoms with Crippen LogP contribution in [0, 0.1) is 13.8 Å². The highest BCUT2D eigenvalue weighted by Crippen LogP contribution is 2.38. The van der Waals surface area contributed by atoms with Gasteiger partial charge in [0, 0.05) is 6.42 Å². The summed E-state index contributed by atoms with van der Waals surface area (Å²) in [6, 6.07) is 8.22. The van der Waals surface area contributed by atoms with Crippen LogP contribution in [0.1, 0.15) is 74.9 Å². The Kier molecular flexibility index (Phi) is 4.96. The molecule has 0 spiro atoms. The van der Waals surface area contributed by atoms with E-state index in [4.69, 9.17) is 0 Å². The number of hydrogen-bond donors (Lipinski definition) is 2. The molecule has 2 N–H and O–H groups in total. The Morgan fingerprint density at radius 3 is 1.76 bits per heavy atom. The zero-order chi connectivity index (χ0) is 19.2. The van der Waals surface area contributed by atoms with Crippen molar-refractivity contribution in [3.63, 3.8) is 0 Å². The lowest BCUT2D eigenvalue weighted by molar-refractivity contribution is 0.440. The van der Waals surface area contributed by atoms with Gasteiger partial charge in [-0.25, -0.2) is 0 Å². The fraction of sp³-hybridized carbons (Fsp3) is 0.478. The van der Waals surface area contributed by atoms with Crippen LogP contribution < -0.4 is 0 Å². The van der Waals surface area contributed by atoms with Gasteiger partial charge in [0.05, 0.1) is 0 Å². The van der Waals surface area contributed by atoms with Crippen LogP contribution in [0.15, 0.2) is 24.3 Å². The van der Waals surface area contributed by atoms with Crippen LogP contribution in [0.3, 0.4) is 0 Å². The smallest absolute Gasteiger partial charge is 0.122 e. The Labute approximate surface area is 152 Å². The van der Waals surface area contributed by atoms with Crippen molar-refractivity contribution in [2.24, 2.45) is 0 Å². The molecule has 0 radical (unpaired) electrons. The number of rotatable bonds is 2. The zero-order valence-corrected chi connectivity index (χ0v) is 16.9. The summed E-state index contributed by atoms with van der Waals surface area (Å²) in [6.07, 6.45) is 0.654. The van der Waals surface area contributed by atoms with E-state index in [0.717, 1.165) is 33.4 Å². The molecule has 0 unspecified atom stereocenters. The van der Waals surface area contributed by atoms with Gasteiger partial charge in [0.15, 0.2) is 0 Å². The second kappa shape index (κ2) is 6.40. The third kappa shape index (κ3) is 4.18. The molecule has 0 aliphatic carbocycles. The van der Waals surface area contributed by atoms with E-state index in [9.17, 15) is 10.2 Å². The van der Waals surface area contributed by atoms with Gasteiger partial charge in [-0.3, -0.25) is 0 Å². The number of aryl methyl sites for hydroxylation is 2. The summed E-state index contributed by atoms with van der Waals surface area (Å²) in [5.74, 6) is 0.765. The highest BCUT2D eigenvalue weighted by atomic mass is 16.3. The van der Waals surface area contributed by atoms with Crippen molar-refractivity contribution in [3.05, 3.63) is 57.6 Å². The van der Waals surface area contributed by atoms with Crippen molar-refractivity contribution >= 4 is 0 Å². The van der Waals surface area contributed by atoms with Crippen molar-refractivity contribution < 1.29 is 10.2 Å². The highest BCUT2D eigenvalue weighted by Gasteiger charge is 2.23. The largest absolute Gasteiger partial charge is 0.507 e. The molecule has 0 amide bonds. The van der Waals surface area contributed by atoms with Gasteiger partial charge < -0.3 is 10.2 Å². The van der Waals surface area contributed by atoms with Gasteiger partial charge in [-0.15, -0.1) is 0 Å². The van der Waals surface area contributed by atoms with E-state index < -0.39 is 0 Å². The average Bonchev–Trinajstić information content (AvgIpc) is 2.43. The summed E-state index contributed by atoms with van der Waals surface area (Å²) in [5.41, 5.74) is 5.79. The van der Waals surface area contributed by atoms with E-state index in [0.29, 0.717) is 17.9 Å². The molecule has 0 aliphatic rings. The molecule has 0 atom stereocenters. The molecular formula is C23H32O2. The van der Waals surface area contributed by atoms with Crippen LogP contribution in [0.5, 0.6) is 11.5 Å². The Morgan fingerprint density at radius 2 is 1.24 bits per heavy atom. The fourth-order valence-electron chi connectivity index (χ4n) is 3.31. The van der Waals surface area contributed by atoms with Crippen molar-refractivity contribution in [3.8, 4) is 11.5 Å². The predicted octanol–water partition coefficient (Wildman–Crippen LogP) is 5.90. The molecule has 2 nitrogen and oxygen atoms in total. The van der Waals surface area contributed by atoms with E-state index in [1.54, 1.807) is 0 Å². The molecule has 2 rings (SSSR count). The van der Waals surface area contributed by atoms with Gasteiger partial charge in [0.2, 0.25) is 0 Å². The quantitative estimate of drug-likeness (QED) is 0.714. The number of phenolic OH excluding ortho intramolecular Hbond substituents is 2. The van der Waals surface area contributed by atoms with Crippen LogP contribution in [-0.2, 0) is 17.3 Å². The van der Waals surface area contributed by atoms with Crippen LogP contribution in [0.25, 0.3) is 0 Å². The molecule has 2 heteroatoms. The molecule has 2 aromatic carbocycles. The third-order valence-corrected chi connectivity index (χ3v) is 4.70. The molecule has 0 heterocycles. The first-order valence-corrected chi connectivity index (χ1v) is 8.96. The van der Waals surface area contributed by atoms with Gasteiger partial charge >= 0.3 is 0 Å². The summed E-state index contributed by atoms with van der Waals surface area (Å²) in [6.45, 7) is 16.7. The normalized spacial score (nSPS) is 12.5. The van der Waals surface area contributed by atoms with Gasteiger partial charge in [-0.1, -0.05) is 71.4 Å². The minimum Gasteiger partial charge on any atom is -0.507 e. The number of phenols is 2. The van der Waals surface area contributed by atoms with E-state index in [1.165, 1.54) is 0 Å². The molecule has 25 heavy (non-hydrogen) atoms. The molecule has 0 aliphatic heterocycles. The maximum absolute atomic E-state index is 10.8. The molecule has 0 bridgehead atoms. The third-order valence-electron chi connectivity index (χ3n) is 4.70. The van der Waals surface area contributed by atoms with Gasteiger partial charge in [-0.2, -0.15) is 0 Å². The minimum atomic E-state index is -0.129. The topological polar surface area (TPSA) is 40.5 Å². The van der Waals surface area contributed by atoms with Gasteiger partial charge in [0.25, 0.3) is 0 Å². The molecule has 2 aromatic rings. The van der Waals surface area contributed by atoms with Gasteiger partial charge in [0.1, 0.15) is 11.5 Å². The Balaban J connectivity index is 2.55. The van der Waals surface area contributed by atoms with Gasteiger partial charge in [-0.05, 0) is 52.5 Å². The summed E-state index contributed by atoms with van der Waals surface area (Å²) < 4.78 is 0. The highest BCUT2D eigenvalue weighted by molar-refractivity contribution is 5.51. The fourth-order valence-corrected chi connectivity index (χ4v) is 3.31. The van der Waals surface area contributed by atoms with E-state index in [2.05, 4.69) is 66.7 Å². The Hall–Kier alpha value is -1.96. The minimum absolute atomic E-state index is 0.105. The van der Waals surface area contributed by atoms with Crippen molar-refractivity contribution in [2.45, 2.75) is 72.6 Å². The lowest BCUT2D eigenvalue weighted by Crippen LogP contribution is -2.13. The average molecular weight is 341 g/mol. The zero-order valence-electron chi connectivity index (χ0n) is 16.9. The molecule has 0 fully saturated rings. The number of hydrogen-bond acceptors (Lipinski definition) is 2. The second-order valence-corrected chi connectivity index (χ2v) is 9.31. The lowest BCUT2D eigenvalue weighted by Gasteiger charge is -2.24. The number of aromatic hydroxyl groups is 2. The lowest BCUT2D eigenvalue weighted by atomic mass is 9.82. The summed E-state index contributed by atoms with van der Waals surface area (Å²) in [7, 11) is 0. The molecule has 0 aromatic heterocycles. The number of benzene rings is 2. The first-order chi connectivity index (χ1) is 11.3. The van der Waals surface area contributed by atoms with E-state index in [1.807, 2.05) is 13.0 Å². The van der Waals surface area contributed by atoms with E-state index >= 15 is 0 Å². The summed E-state index contributed by atoms with van der Waals surface area (Å²) >= 11 is 0. The van der Waals surface area contributed by atoms with Crippen LogP contribution in [0.4, 0.5) is 0 Å². The van der Waals surface area contributed by atoms with Crippen LogP contribution in [0.2, 0.25) is 0 Å². The van der Waals surface area contributed by atoms with Crippen molar-refractivity contribution in [1.82, 2.24) is 0 Å². The Morgan fingerprint density at radius 1 is 0.720 bits per heavy atom. The predicted molar refractivity (Wildman–Crippen MR) is 106 cm³/mol. The summed E-state index contributed by atoms with van der Waals surface area (Å²) in [4.78, 5) is 0. The monoisotopic (exact) mass is 340 g/mol. The van der Waals surface area contributed by atoms with Crippen molar-refractivity contribution in [2.75, 3.05) is 0 Å². The van der Waals surface area contributed by atoms with E-state index in [-0.39, 0.29) is 10.8 Å². The first kappa shape index (κ1) is 19.4. The second-order valence-electron chi connectivity index (χ2n) is 9.31. The van der Waals surface area contributed by atoms with Crippen LogP contribution >= 0.6 is 0 Å². The standard InChI is InChI=1S/C23H32O2/c1-14-9-17(21(25)18(10-14)22(3,4)5)12-16-11-15(2)20(24)19(13-16)23(6,7)8/h9-11,13,24-25H,12H2,1-8H3. The maximum Gasteiger partial charge on any atom is 0.122 e. The summed E-state index contributed by atoms with van der Waals surface area (Å²) in [5, 5.41) is 21.2. The Bertz CT molecular complexity index is 787. The maximum atomic E-state index is 10.8. The van der Waals surface area contributed by atoms with Crippen molar-refractivity contribution in [1.29, 1.82) is 0 Å². The molecule has 0 saturated carbocycles.